The second kappa shape index (κ2) is 7.30. The third-order valence-electron chi connectivity index (χ3n) is 2.62. The first-order valence-electron chi connectivity index (χ1n) is 5.80. The van der Waals surface area contributed by atoms with Gasteiger partial charge >= 0.3 is 0 Å². The van der Waals surface area contributed by atoms with E-state index in [0.717, 1.165) is 0 Å². The second-order valence-corrected chi connectivity index (χ2v) is 6.12. The summed E-state index contributed by atoms with van der Waals surface area (Å²) in [6.45, 7) is 4.39. The SMILES string of the molecule is CNC(CCCSC)c1nc(C(C)C)cs1. The lowest BCUT2D eigenvalue weighted by Gasteiger charge is -2.12. The van der Waals surface area contributed by atoms with E-state index in [-0.39, 0.29) is 0 Å². The Morgan fingerprint density at radius 3 is 2.75 bits per heavy atom. The predicted molar refractivity (Wildman–Crippen MR) is 75.6 cm³/mol. The zero-order chi connectivity index (χ0) is 12.0. The van der Waals surface area contributed by atoms with Crippen LogP contribution >= 0.6 is 23.1 Å². The fourth-order valence-electron chi connectivity index (χ4n) is 1.55. The molecule has 0 saturated carbocycles. The van der Waals surface area contributed by atoms with Gasteiger partial charge in [-0.3, -0.25) is 0 Å². The minimum atomic E-state index is 0.435. The average Bonchev–Trinajstić information content (AvgIpc) is 2.74. The van der Waals surface area contributed by atoms with Crippen molar-refractivity contribution in [2.24, 2.45) is 0 Å². The van der Waals surface area contributed by atoms with Crippen LogP contribution in [0.15, 0.2) is 5.38 Å². The summed E-state index contributed by atoms with van der Waals surface area (Å²) in [5.41, 5.74) is 1.23. The second-order valence-electron chi connectivity index (χ2n) is 4.24. The zero-order valence-electron chi connectivity index (χ0n) is 10.6. The Morgan fingerprint density at radius 2 is 2.25 bits per heavy atom. The Labute approximate surface area is 107 Å². The van der Waals surface area contributed by atoms with Gasteiger partial charge in [0.15, 0.2) is 0 Å². The molecule has 0 spiro atoms. The van der Waals surface area contributed by atoms with Crippen molar-refractivity contribution in [1.82, 2.24) is 10.3 Å². The minimum Gasteiger partial charge on any atom is -0.311 e. The normalized spacial score (nSPS) is 13.3. The quantitative estimate of drug-likeness (QED) is 0.755. The molecule has 1 rings (SSSR count). The highest BCUT2D eigenvalue weighted by molar-refractivity contribution is 7.98. The lowest BCUT2D eigenvalue weighted by atomic mass is 10.1. The highest BCUT2D eigenvalue weighted by Gasteiger charge is 2.14. The van der Waals surface area contributed by atoms with Crippen molar-refractivity contribution in [3.05, 3.63) is 16.1 Å². The summed E-state index contributed by atoms with van der Waals surface area (Å²) in [5, 5.41) is 6.80. The maximum atomic E-state index is 4.71. The molecule has 1 aromatic heterocycles. The first kappa shape index (κ1) is 14.0. The third-order valence-corrected chi connectivity index (χ3v) is 4.29. The van der Waals surface area contributed by atoms with E-state index in [0.29, 0.717) is 12.0 Å². The molecule has 16 heavy (non-hydrogen) atoms. The standard InChI is InChI=1S/C12H22N2S2/c1-9(2)11-8-16-12(14-11)10(13-3)6-5-7-15-4/h8-10,13H,5-7H2,1-4H3. The van der Waals surface area contributed by atoms with Crippen molar-refractivity contribution in [3.8, 4) is 0 Å². The van der Waals surface area contributed by atoms with Gasteiger partial charge in [0.2, 0.25) is 0 Å². The summed E-state index contributed by atoms with van der Waals surface area (Å²) < 4.78 is 0. The maximum Gasteiger partial charge on any atom is 0.110 e. The van der Waals surface area contributed by atoms with Gasteiger partial charge < -0.3 is 5.32 Å². The first-order chi connectivity index (χ1) is 7.69. The van der Waals surface area contributed by atoms with E-state index in [1.54, 1.807) is 11.3 Å². The molecule has 0 aromatic carbocycles. The Bertz CT molecular complexity index is 297. The van der Waals surface area contributed by atoms with Crippen LogP contribution in [-0.2, 0) is 0 Å². The van der Waals surface area contributed by atoms with Crippen molar-refractivity contribution in [3.63, 3.8) is 0 Å². The number of thioether (sulfide) groups is 1. The number of hydrogen-bond donors (Lipinski definition) is 1. The number of thiazole rings is 1. The van der Waals surface area contributed by atoms with E-state index < -0.39 is 0 Å². The molecule has 2 nitrogen and oxygen atoms in total. The number of aromatic nitrogens is 1. The fraction of sp³-hybridized carbons (Fsp3) is 0.750. The molecule has 1 atom stereocenters. The van der Waals surface area contributed by atoms with Crippen LogP contribution in [0.3, 0.4) is 0 Å². The fourth-order valence-corrected chi connectivity index (χ4v) is 3.13. The van der Waals surface area contributed by atoms with Gasteiger partial charge in [-0.1, -0.05) is 13.8 Å². The summed E-state index contributed by atoms with van der Waals surface area (Å²) in [6.07, 6.45) is 4.60. The highest BCUT2D eigenvalue weighted by Crippen LogP contribution is 2.25. The maximum absolute atomic E-state index is 4.71. The Hall–Kier alpha value is -0.0600. The molecule has 4 heteroatoms. The van der Waals surface area contributed by atoms with Gasteiger partial charge in [0.05, 0.1) is 11.7 Å². The summed E-state index contributed by atoms with van der Waals surface area (Å²) in [7, 11) is 2.03. The third kappa shape index (κ3) is 4.07. The summed E-state index contributed by atoms with van der Waals surface area (Å²) in [6, 6.07) is 0.435. The van der Waals surface area contributed by atoms with Crippen molar-refractivity contribution in [2.75, 3.05) is 19.1 Å². The average molecular weight is 258 g/mol. The number of hydrogen-bond acceptors (Lipinski definition) is 4. The molecular formula is C12H22N2S2. The molecule has 0 radical (unpaired) electrons. The van der Waals surface area contributed by atoms with Gasteiger partial charge in [-0.25, -0.2) is 4.98 Å². The van der Waals surface area contributed by atoms with Crippen LogP contribution in [0.5, 0.6) is 0 Å². The minimum absolute atomic E-state index is 0.435. The van der Waals surface area contributed by atoms with Crippen molar-refractivity contribution in [1.29, 1.82) is 0 Å². The molecule has 0 aliphatic carbocycles. The van der Waals surface area contributed by atoms with E-state index in [2.05, 4.69) is 30.8 Å². The molecule has 0 bridgehead atoms. The van der Waals surface area contributed by atoms with Gasteiger partial charge in [0, 0.05) is 5.38 Å². The lowest BCUT2D eigenvalue weighted by Crippen LogP contribution is -2.16. The van der Waals surface area contributed by atoms with Crippen LogP contribution in [0.4, 0.5) is 0 Å². The molecule has 1 unspecified atom stereocenters. The van der Waals surface area contributed by atoms with Gasteiger partial charge in [-0.2, -0.15) is 11.8 Å². The molecule has 0 amide bonds. The zero-order valence-corrected chi connectivity index (χ0v) is 12.3. The van der Waals surface area contributed by atoms with Crippen molar-refractivity contribution >= 4 is 23.1 Å². The molecule has 0 saturated heterocycles. The molecular weight excluding hydrogens is 236 g/mol. The topological polar surface area (TPSA) is 24.9 Å². The van der Waals surface area contributed by atoms with Gasteiger partial charge in [-0.15, -0.1) is 11.3 Å². The monoisotopic (exact) mass is 258 g/mol. The van der Waals surface area contributed by atoms with Crippen molar-refractivity contribution < 1.29 is 0 Å². The lowest BCUT2D eigenvalue weighted by molar-refractivity contribution is 0.539. The van der Waals surface area contributed by atoms with Crippen LogP contribution < -0.4 is 5.32 Å². The number of nitrogens with one attached hydrogen (secondary N) is 1. The van der Waals surface area contributed by atoms with E-state index in [4.69, 9.17) is 4.98 Å². The van der Waals surface area contributed by atoms with Crippen LogP contribution in [0, 0.1) is 0 Å². The molecule has 1 aromatic rings. The largest absolute Gasteiger partial charge is 0.311 e. The number of nitrogens with zero attached hydrogens (tertiary/aromatic N) is 1. The van der Waals surface area contributed by atoms with Gasteiger partial charge in [-0.05, 0) is 37.8 Å². The van der Waals surface area contributed by atoms with Gasteiger partial charge in [0.1, 0.15) is 5.01 Å². The van der Waals surface area contributed by atoms with Crippen LogP contribution in [0.1, 0.15) is 49.4 Å². The highest BCUT2D eigenvalue weighted by atomic mass is 32.2. The Balaban J connectivity index is 2.56. The summed E-state index contributed by atoms with van der Waals surface area (Å²) in [5.74, 6) is 1.77. The summed E-state index contributed by atoms with van der Waals surface area (Å²) in [4.78, 5) is 4.71. The Kier molecular flexibility index (Phi) is 6.39. The van der Waals surface area contributed by atoms with E-state index in [1.165, 1.54) is 29.3 Å². The van der Waals surface area contributed by atoms with Crippen molar-refractivity contribution in [2.45, 2.75) is 38.6 Å². The van der Waals surface area contributed by atoms with Crippen LogP contribution in [0.25, 0.3) is 0 Å². The Morgan fingerprint density at radius 1 is 1.50 bits per heavy atom. The smallest absolute Gasteiger partial charge is 0.110 e. The molecule has 0 fully saturated rings. The van der Waals surface area contributed by atoms with Crippen LogP contribution in [0.2, 0.25) is 0 Å². The van der Waals surface area contributed by atoms with E-state index >= 15 is 0 Å². The first-order valence-corrected chi connectivity index (χ1v) is 8.08. The molecule has 1 heterocycles. The molecule has 1 N–H and O–H groups in total. The van der Waals surface area contributed by atoms with Crippen LogP contribution in [-0.4, -0.2) is 24.0 Å². The van der Waals surface area contributed by atoms with E-state index in [9.17, 15) is 0 Å². The molecule has 0 aliphatic rings. The van der Waals surface area contributed by atoms with Gasteiger partial charge in [0.25, 0.3) is 0 Å². The molecule has 92 valence electrons. The summed E-state index contributed by atoms with van der Waals surface area (Å²) >= 11 is 3.70. The van der Waals surface area contributed by atoms with E-state index in [1.807, 2.05) is 18.8 Å². The molecule has 0 aliphatic heterocycles. The number of rotatable bonds is 7. The predicted octanol–water partition coefficient (Wildman–Crippen LogP) is 3.67.